The predicted molar refractivity (Wildman–Crippen MR) is 91.9 cm³/mol. The van der Waals surface area contributed by atoms with Crippen molar-refractivity contribution in [3.63, 3.8) is 0 Å². The van der Waals surface area contributed by atoms with Gasteiger partial charge in [-0.2, -0.15) is 0 Å². The number of benzene rings is 2. The summed E-state index contributed by atoms with van der Waals surface area (Å²) in [5, 5.41) is 11.6. The third-order valence-corrected chi connectivity index (χ3v) is 4.44. The second-order valence-corrected chi connectivity index (χ2v) is 5.64. The summed E-state index contributed by atoms with van der Waals surface area (Å²) in [5.74, 6) is 0.975. The fourth-order valence-corrected chi connectivity index (χ4v) is 3.34. The van der Waals surface area contributed by atoms with Crippen molar-refractivity contribution in [1.82, 2.24) is 4.98 Å². The van der Waals surface area contributed by atoms with Crippen molar-refractivity contribution >= 4 is 16.6 Å². The number of nitrogens with zero attached hydrogens (tertiary/aromatic N) is 1. The zero-order valence-electron chi connectivity index (χ0n) is 13.9. The van der Waals surface area contributed by atoms with E-state index < -0.39 is 0 Å². The van der Waals surface area contributed by atoms with E-state index in [1.165, 1.54) is 13.2 Å². The molecule has 0 saturated carbocycles. The van der Waals surface area contributed by atoms with Crippen LogP contribution < -0.4 is 14.2 Å². The molecule has 25 heavy (non-hydrogen) atoms. The monoisotopic (exact) mass is 337 g/mol. The number of rotatable bonds is 3. The Hall–Kier alpha value is -3.28. The summed E-state index contributed by atoms with van der Waals surface area (Å²) in [6.45, 7) is 0. The van der Waals surface area contributed by atoms with Crippen LogP contribution in [0.3, 0.4) is 0 Å². The molecule has 6 nitrogen and oxygen atoms in total. The lowest BCUT2D eigenvalue weighted by molar-refractivity contribution is 0.103. The van der Waals surface area contributed by atoms with Gasteiger partial charge in [0.25, 0.3) is 0 Å². The normalized spacial score (nSPS) is 12.0. The largest absolute Gasteiger partial charge is 0.504 e. The van der Waals surface area contributed by atoms with Crippen molar-refractivity contribution < 1.29 is 24.1 Å². The Morgan fingerprint density at radius 1 is 0.960 bits per heavy atom. The molecule has 0 amide bonds. The second-order valence-electron chi connectivity index (χ2n) is 5.64. The quantitative estimate of drug-likeness (QED) is 0.619. The minimum absolute atomic E-state index is 0.105. The van der Waals surface area contributed by atoms with Crippen LogP contribution in [0.5, 0.6) is 23.0 Å². The van der Waals surface area contributed by atoms with Crippen molar-refractivity contribution in [3.8, 4) is 34.1 Å². The highest BCUT2D eigenvalue weighted by molar-refractivity contribution is 6.26. The Labute approximate surface area is 143 Å². The third kappa shape index (κ3) is 1.97. The van der Waals surface area contributed by atoms with Gasteiger partial charge in [0.2, 0.25) is 5.78 Å². The van der Waals surface area contributed by atoms with E-state index in [0.29, 0.717) is 39.3 Å². The summed E-state index contributed by atoms with van der Waals surface area (Å²) < 4.78 is 16.3. The Morgan fingerprint density at radius 2 is 1.72 bits per heavy atom. The van der Waals surface area contributed by atoms with Gasteiger partial charge in [0.15, 0.2) is 23.0 Å². The summed E-state index contributed by atoms with van der Waals surface area (Å²) in [5.41, 5.74) is 1.98. The van der Waals surface area contributed by atoms with Crippen molar-refractivity contribution in [2.75, 3.05) is 21.3 Å². The molecule has 1 aromatic heterocycles. The number of pyridine rings is 1. The molecule has 0 unspecified atom stereocenters. The van der Waals surface area contributed by atoms with Crippen LogP contribution in [-0.4, -0.2) is 37.2 Å². The minimum Gasteiger partial charge on any atom is -0.504 e. The van der Waals surface area contributed by atoms with Crippen LogP contribution in [0.25, 0.3) is 21.9 Å². The number of ether oxygens (including phenoxy) is 3. The van der Waals surface area contributed by atoms with Gasteiger partial charge in [-0.3, -0.25) is 9.78 Å². The Balaban J connectivity index is 2.24. The molecular formula is C19H15NO5. The molecule has 1 aliphatic rings. The van der Waals surface area contributed by atoms with E-state index in [4.69, 9.17) is 14.2 Å². The molecule has 2 aromatic carbocycles. The number of phenolic OH excluding ortho intramolecular Hbond substituents is 1. The maximum absolute atomic E-state index is 12.9. The number of carbonyl (C=O) groups is 1. The number of aromatic hydroxyl groups is 1. The summed E-state index contributed by atoms with van der Waals surface area (Å²) in [4.78, 5) is 17.2. The highest BCUT2D eigenvalue weighted by Gasteiger charge is 2.32. The number of fused-ring (bicyclic) bond motifs is 2. The average Bonchev–Trinajstić information content (AvgIpc) is 2.64. The van der Waals surface area contributed by atoms with E-state index in [2.05, 4.69) is 4.98 Å². The predicted octanol–water partition coefficient (Wildman–Crippen LogP) is 3.18. The number of aromatic nitrogens is 1. The van der Waals surface area contributed by atoms with Crippen molar-refractivity contribution in [2.24, 2.45) is 0 Å². The lowest BCUT2D eigenvalue weighted by Crippen LogP contribution is -2.13. The number of ketones is 1. The summed E-state index contributed by atoms with van der Waals surface area (Å²) in [7, 11) is 4.56. The third-order valence-electron chi connectivity index (χ3n) is 4.44. The second kappa shape index (κ2) is 5.37. The van der Waals surface area contributed by atoms with Gasteiger partial charge >= 0.3 is 0 Å². The molecule has 6 heteroatoms. The van der Waals surface area contributed by atoms with Gasteiger partial charge in [-0.15, -0.1) is 0 Å². The molecule has 3 aromatic rings. The smallest absolute Gasteiger partial charge is 0.212 e. The topological polar surface area (TPSA) is 77.9 Å². The molecule has 0 fully saturated rings. The SMILES string of the molecule is COc1cc2c(cc1O)C(=O)c1nccc3cc(OC)c(OC)c-2c13. The molecule has 0 spiro atoms. The van der Waals surface area contributed by atoms with Crippen LogP contribution in [0.4, 0.5) is 0 Å². The Bertz CT molecular complexity index is 1040. The summed E-state index contributed by atoms with van der Waals surface area (Å²) >= 11 is 0. The van der Waals surface area contributed by atoms with E-state index >= 15 is 0 Å². The summed E-state index contributed by atoms with van der Waals surface area (Å²) in [6, 6.07) is 6.67. The fraction of sp³-hybridized carbons (Fsp3) is 0.158. The molecule has 1 heterocycles. The molecule has 0 aliphatic heterocycles. The molecule has 4 rings (SSSR count). The number of hydrogen-bond acceptors (Lipinski definition) is 6. The summed E-state index contributed by atoms with van der Waals surface area (Å²) in [6.07, 6.45) is 1.58. The molecule has 0 radical (unpaired) electrons. The average molecular weight is 337 g/mol. The first-order valence-electron chi connectivity index (χ1n) is 7.60. The standard InChI is InChI=1S/C19H15NO5/c1-23-13-8-10-11(7-12(13)21)18(22)17-15-9(4-5-20-17)6-14(24-2)19(25-3)16(10)15/h4-8,21H,1-3H3. The highest BCUT2D eigenvalue weighted by Crippen LogP contribution is 2.50. The number of hydrogen-bond donors (Lipinski definition) is 1. The lowest BCUT2D eigenvalue weighted by Gasteiger charge is -2.23. The van der Waals surface area contributed by atoms with Crippen molar-refractivity contribution in [1.29, 1.82) is 0 Å². The zero-order valence-corrected chi connectivity index (χ0v) is 13.9. The molecule has 0 bridgehead atoms. The van der Waals surface area contributed by atoms with Crippen LogP contribution in [0.1, 0.15) is 16.1 Å². The first-order valence-corrected chi connectivity index (χ1v) is 7.60. The Kier molecular flexibility index (Phi) is 3.28. The molecule has 126 valence electrons. The van der Waals surface area contributed by atoms with Crippen LogP contribution in [0.15, 0.2) is 30.5 Å². The number of phenols is 1. The van der Waals surface area contributed by atoms with E-state index in [0.717, 1.165) is 5.39 Å². The van der Waals surface area contributed by atoms with Crippen LogP contribution in [-0.2, 0) is 0 Å². The zero-order chi connectivity index (χ0) is 17.7. The van der Waals surface area contributed by atoms with Gasteiger partial charge in [0.05, 0.1) is 21.3 Å². The van der Waals surface area contributed by atoms with Crippen LogP contribution in [0, 0.1) is 0 Å². The van der Waals surface area contributed by atoms with Gasteiger partial charge in [-0.05, 0) is 29.7 Å². The fourth-order valence-electron chi connectivity index (χ4n) is 3.34. The van der Waals surface area contributed by atoms with Gasteiger partial charge < -0.3 is 19.3 Å². The van der Waals surface area contributed by atoms with E-state index in [-0.39, 0.29) is 17.3 Å². The molecule has 1 aliphatic carbocycles. The minimum atomic E-state index is -0.252. The van der Waals surface area contributed by atoms with Gasteiger partial charge in [0, 0.05) is 28.3 Å². The molecular weight excluding hydrogens is 322 g/mol. The molecule has 0 saturated heterocycles. The maximum atomic E-state index is 12.9. The highest BCUT2D eigenvalue weighted by atomic mass is 16.5. The van der Waals surface area contributed by atoms with Crippen LogP contribution in [0.2, 0.25) is 0 Å². The van der Waals surface area contributed by atoms with Gasteiger partial charge in [0.1, 0.15) is 5.69 Å². The van der Waals surface area contributed by atoms with Crippen molar-refractivity contribution in [2.45, 2.75) is 0 Å². The number of methoxy groups -OCH3 is 3. The van der Waals surface area contributed by atoms with Crippen molar-refractivity contribution in [3.05, 3.63) is 41.7 Å². The first kappa shape index (κ1) is 15.3. The van der Waals surface area contributed by atoms with E-state index in [1.54, 1.807) is 26.5 Å². The van der Waals surface area contributed by atoms with E-state index in [9.17, 15) is 9.90 Å². The van der Waals surface area contributed by atoms with Gasteiger partial charge in [-0.1, -0.05) is 0 Å². The van der Waals surface area contributed by atoms with Crippen LogP contribution >= 0.6 is 0 Å². The van der Waals surface area contributed by atoms with Gasteiger partial charge in [-0.25, -0.2) is 0 Å². The van der Waals surface area contributed by atoms with E-state index in [1.807, 2.05) is 12.1 Å². The maximum Gasteiger partial charge on any atom is 0.212 e. The number of carbonyl (C=O) groups excluding carboxylic acids is 1. The first-order chi connectivity index (χ1) is 12.1. The molecule has 0 atom stereocenters. The lowest BCUT2D eigenvalue weighted by atomic mass is 9.84. The Morgan fingerprint density at radius 3 is 2.40 bits per heavy atom. The molecule has 1 N–H and O–H groups in total.